The van der Waals surface area contributed by atoms with Crippen LogP contribution in [0.1, 0.15) is 61.3 Å². The van der Waals surface area contributed by atoms with E-state index in [1.807, 2.05) is 63.4 Å². The van der Waals surface area contributed by atoms with Crippen molar-refractivity contribution in [2.75, 3.05) is 13.1 Å². The maximum Gasteiger partial charge on any atom is 0.308 e. The average molecular weight is 646 g/mol. The number of carbonyl (C=O) groups excluding carboxylic acids is 2. The first-order chi connectivity index (χ1) is 21.5. The van der Waals surface area contributed by atoms with Gasteiger partial charge in [0.15, 0.2) is 5.78 Å². The Kier molecular flexibility index (Phi) is 9.70. The number of aromatic nitrogens is 2. The fourth-order valence-corrected chi connectivity index (χ4v) is 6.87. The summed E-state index contributed by atoms with van der Waals surface area (Å²) < 4.78 is 1.68. The number of halogens is 1. The molecule has 0 unspecified atom stereocenters. The van der Waals surface area contributed by atoms with Gasteiger partial charge in [-0.05, 0) is 54.5 Å². The molecule has 4 aromatic rings. The number of hydrogen-bond donors (Lipinski definition) is 1. The molecule has 10 heteroatoms. The summed E-state index contributed by atoms with van der Waals surface area (Å²) in [6.45, 7) is 7.85. The molecule has 3 heterocycles. The lowest BCUT2D eigenvalue weighted by molar-refractivity contribution is -0.146. The van der Waals surface area contributed by atoms with Crippen molar-refractivity contribution in [1.82, 2.24) is 14.5 Å². The van der Waals surface area contributed by atoms with Gasteiger partial charge in [-0.1, -0.05) is 69.6 Å². The molecule has 1 fully saturated rings. The second-order valence-corrected chi connectivity index (χ2v) is 13.1. The minimum atomic E-state index is -1.11. The number of likely N-dealkylation sites (tertiary alicyclic amines) is 1. The Bertz CT molecular complexity index is 1800. The Morgan fingerprint density at radius 1 is 1.07 bits per heavy atom. The molecule has 1 atom stereocenters. The van der Waals surface area contributed by atoms with Crippen LogP contribution in [0.15, 0.2) is 58.7 Å². The third-order valence-electron chi connectivity index (χ3n) is 8.12. The first-order valence-corrected chi connectivity index (χ1v) is 16.4. The number of carboxylic acids is 1. The van der Waals surface area contributed by atoms with Gasteiger partial charge >= 0.3 is 5.97 Å². The average Bonchev–Trinajstić information content (AvgIpc) is 3.50. The van der Waals surface area contributed by atoms with Crippen molar-refractivity contribution in [3.8, 4) is 27.5 Å². The van der Waals surface area contributed by atoms with Gasteiger partial charge in [-0.15, -0.1) is 11.3 Å². The van der Waals surface area contributed by atoms with Crippen molar-refractivity contribution < 1.29 is 19.5 Å². The number of piperidine rings is 1. The highest BCUT2D eigenvalue weighted by molar-refractivity contribution is 7.13. The van der Waals surface area contributed by atoms with Crippen molar-refractivity contribution in [3.63, 3.8) is 0 Å². The zero-order valence-corrected chi connectivity index (χ0v) is 27.4. The van der Waals surface area contributed by atoms with Crippen molar-refractivity contribution in [2.45, 2.75) is 53.4 Å². The predicted molar refractivity (Wildman–Crippen MR) is 178 cm³/mol. The van der Waals surface area contributed by atoms with Crippen LogP contribution < -0.4 is 5.56 Å². The zero-order chi connectivity index (χ0) is 32.4. The number of ketones is 1. The topological polar surface area (TPSA) is 110 Å². The summed E-state index contributed by atoms with van der Waals surface area (Å²) in [6, 6.07) is 14.8. The number of nitrogens with zero attached hydrogens (tertiary/aromatic N) is 3. The van der Waals surface area contributed by atoms with Crippen LogP contribution in [0.3, 0.4) is 0 Å². The Morgan fingerprint density at radius 2 is 1.73 bits per heavy atom. The van der Waals surface area contributed by atoms with Gasteiger partial charge in [-0.3, -0.25) is 23.7 Å². The number of carboxylic acid groups (broad SMARTS) is 1. The molecule has 1 amide bonds. The molecule has 2 aromatic carbocycles. The van der Waals surface area contributed by atoms with E-state index in [4.69, 9.17) is 16.6 Å². The van der Waals surface area contributed by atoms with Gasteiger partial charge in [0.25, 0.3) is 11.5 Å². The molecule has 8 nitrogen and oxygen atoms in total. The number of amides is 1. The van der Waals surface area contributed by atoms with Gasteiger partial charge < -0.3 is 10.0 Å². The van der Waals surface area contributed by atoms with E-state index in [9.17, 15) is 24.3 Å². The van der Waals surface area contributed by atoms with E-state index < -0.39 is 17.8 Å². The minimum Gasteiger partial charge on any atom is -0.481 e. The molecule has 0 radical (unpaired) electrons. The Hall–Kier alpha value is -4.08. The standard InChI is InChI=1S/C35H36ClN3O5S/c1-5-21-8-7-9-22(6-2)31(21)39-30(14-20(3)4)27(33(41)38-17-24(35(43)44)15-26(40)18-38)16-28(34(39)42)32-37-29(19-45-32)23-10-12-25(36)13-11-23/h7-13,16,19-20,24H,5-6,14-15,17-18H2,1-4H3,(H,43,44)/t24-/m0/s1. The van der Waals surface area contributed by atoms with Crippen molar-refractivity contribution in [2.24, 2.45) is 11.8 Å². The predicted octanol–water partition coefficient (Wildman–Crippen LogP) is 6.72. The fourth-order valence-electron chi connectivity index (χ4n) is 5.91. The van der Waals surface area contributed by atoms with Crippen LogP contribution in [0.5, 0.6) is 0 Å². The highest BCUT2D eigenvalue weighted by Gasteiger charge is 2.35. The smallest absolute Gasteiger partial charge is 0.308 e. The summed E-state index contributed by atoms with van der Waals surface area (Å²) in [5, 5.41) is 12.6. The van der Waals surface area contributed by atoms with Crippen LogP contribution in [0, 0.1) is 11.8 Å². The van der Waals surface area contributed by atoms with E-state index in [-0.39, 0.29) is 47.9 Å². The second-order valence-electron chi connectivity index (χ2n) is 11.8. The van der Waals surface area contributed by atoms with Crippen molar-refractivity contribution in [1.29, 1.82) is 0 Å². The van der Waals surface area contributed by atoms with Gasteiger partial charge in [0.05, 0.1) is 35.0 Å². The van der Waals surface area contributed by atoms with Gasteiger partial charge in [0.2, 0.25) is 0 Å². The summed E-state index contributed by atoms with van der Waals surface area (Å²) in [5.74, 6) is -2.80. The van der Waals surface area contributed by atoms with Crippen LogP contribution in [0.4, 0.5) is 0 Å². The molecule has 5 rings (SSSR count). The molecule has 45 heavy (non-hydrogen) atoms. The largest absolute Gasteiger partial charge is 0.481 e. The van der Waals surface area contributed by atoms with E-state index in [0.29, 0.717) is 40.7 Å². The third-order valence-corrected chi connectivity index (χ3v) is 9.24. The first-order valence-electron chi connectivity index (χ1n) is 15.2. The lowest BCUT2D eigenvalue weighted by atomic mass is 9.94. The number of pyridine rings is 1. The molecule has 0 saturated carbocycles. The monoisotopic (exact) mass is 645 g/mol. The maximum atomic E-state index is 14.7. The number of aliphatic carboxylic acids is 1. The molecule has 234 valence electrons. The number of carbonyl (C=O) groups is 3. The van der Waals surface area contributed by atoms with Crippen LogP contribution in [-0.2, 0) is 28.9 Å². The van der Waals surface area contributed by atoms with E-state index >= 15 is 0 Å². The number of thiazole rings is 1. The van der Waals surface area contributed by atoms with Crippen LogP contribution in [0.2, 0.25) is 5.02 Å². The lowest BCUT2D eigenvalue weighted by Gasteiger charge is -2.31. The molecule has 0 bridgehead atoms. The quantitative estimate of drug-likeness (QED) is 0.216. The van der Waals surface area contributed by atoms with Gasteiger partial charge in [-0.25, -0.2) is 4.98 Å². The highest BCUT2D eigenvalue weighted by atomic mass is 35.5. The molecule has 0 spiro atoms. The molecule has 1 N–H and O–H groups in total. The Morgan fingerprint density at radius 3 is 2.33 bits per heavy atom. The van der Waals surface area contributed by atoms with Gasteiger partial charge in [0.1, 0.15) is 5.01 Å². The molecule has 2 aromatic heterocycles. The number of hydrogen-bond acceptors (Lipinski definition) is 6. The van der Waals surface area contributed by atoms with Crippen molar-refractivity contribution in [3.05, 3.63) is 91.7 Å². The molecule has 0 aliphatic carbocycles. The molecule has 1 aliphatic heterocycles. The summed E-state index contributed by atoms with van der Waals surface area (Å²) in [4.78, 5) is 59.7. The van der Waals surface area contributed by atoms with E-state index in [1.165, 1.54) is 16.2 Å². The Balaban J connectivity index is 1.79. The summed E-state index contributed by atoms with van der Waals surface area (Å²) in [5.41, 5.74) is 5.00. The summed E-state index contributed by atoms with van der Waals surface area (Å²) in [7, 11) is 0. The molecular formula is C35H36ClN3O5S. The third kappa shape index (κ3) is 6.65. The highest BCUT2D eigenvalue weighted by Crippen LogP contribution is 2.32. The van der Waals surface area contributed by atoms with Gasteiger partial charge in [0, 0.05) is 34.6 Å². The normalized spacial score (nSPS) is 15.1. The maximum absolute atomic E-state index is 14.7. The number of aryl methyl sites for hydroxylation is 2. The van der Waals surface area contributed by atoms with E-state index in [1.54, 1.807) is 22.8 Å². The molecule has 1 aliphatic rings. The van der Waals surface area contributed by atoms with Crippen molar-refractivity contribution >= 4 is 40.6 Å². The Labute approximate surface area is 271 Å². The number of Topliss-reactive ketones (excluding diaryl/α,β-unsaturated/α-hetero) is 1. The fraction of sp³-hybridized carbons (Fsp3) is 0.343. The van der Waals surface area contributed by atoms with E-state index in [0.717, 1.165) is 22.4 Å². The van der Waals surface area contributed by atoms with Crippen LogP contribution in [0.25, 0.3) is 27.5 Å². The minimum absolute atomic E-state index is 0.0815. The summed E-state index contributed by atoms with van der Waals surface area (Å²) >= 11 is 7.40. The molecule has 1 saturated heterocycles. The number of benzene rings is 2. The number of para-hydroxylation sites is 1. The zero-order valence-electron chi connectivity index (χ0n) is 25.8. The van der Waals surface area contributed by atoms with Crippen LogP contribution in [-0.4, -0.2) is 50.3 Å². The number of rotatable bonds is 9. The SMILES string of the molecule is CCc1cccc(CC)c1-n1c(CC(C)C)c(C(=O)N2CC(=O)C[C@H](C(=O)O)C2)cc(-c2nc(-c3ccc(Cl)cc3)cs2)c1=O. The molecular weight excluding hydrogens is 610 g/mol. The second kappa shape index (κ2) is 13.5. The van der Waals surface area contributed by atoms with E-state index in [2.05, 4.69) is 0 Å². The van der Waals surface area contributed by atoms with Gasteiger partial charge in [-0.2, -0.15) is 0 Å². The summed E-state index contributed by atoms with van der Waals surface area (Å²) in [6.07, 6.45) is 1.64. The van der Waals surface area contributed by atoms with Crippen LogP contribution >= 0.6 is 22.9 Å². The first kappa shape index (κ1) is 32.3. The lowest BCUT2D eigenvalue weighted by Crippen LogP contribution is -2.47.